The lowest BCUT2D eigenvalue weighted by Crippen LogP contribution is -2.19. The largest absolute Gasteiger partial charge is 0.481 e. The number of halogens is 1. The van der Waals surface area contributed by atoms with Gasteiger partial charge in [-0.05, 0) is 54.2 Å². The second kappa shape index (κ2) is 8.79. The van der Waals surface area contributed by atoms with E-state index in [9.17, 15) is 0 Å². The first kappa shape index (κ1) is 20.8. The second-order valence-corrected chi connectivity index (χ2v) is 8.43. The molecular formula is C22H22BrN7O2. The fourth-order valence-electron chi connectivity index (χ4n) is 3.79. The number of imidazole rings is 1. The summed E-state index contributed by atoms with van der Waals surface area (Å²) >= 11 is 3.56. The van der Waals surface area contributed by atoms with Crippen molar-refractivity contribution in [3.63, 3.8) is 0 Å². The van der Waals surface area contributed by atoms with E-state index in [2.05, 4.69) is 45.7 Å². The quantitative estimate of drug-likeness (QED) is 0.421. The van der Waals surface area contributed by atoms with Crippen LogP contribution in [0, 0.1) is 6.92 Å². The van der Waals surface area contributed by atoms with Crippen LogP contribution < -0.4 is 10.1 Å². The van der Waals surface area contributed by atoms with Gasteiger partial charge < -0.3 is 14.8 Å². The van der Waals surface area contributed by atoms with Crippen molar-refractivity contribution in [1.29, 1.82) is 0 Å². The van der Waals surface area contributed by atoms with Crippen LogP contribution in [0.1, 0.15) is 31.3 Å². The van der Waals surface area contributed by atoms with Crippen LogP contribution >= 0.6 is 15.9 Å². The van der Waals surface area contributed by atoms with E-state index in [-0.39, 0.29) is 6.23 Å². The Balaban J connectivity index is 1.65. The average Bonchev–Trinajstić information content (AvgIpc) is 3.19. The zero-order valence-corrected chi connectivity index (χ0v) is 19.3. The molecule has 4 aromatic heterocycles. The first-order chi connectivity index (χ1) is 15.6. The normalized spacial score (nSPS) is 16.3. The Morgan fingerprint density at radius 1 is 1.12 bits per heavy atom. The highest BCUT2D eigenvalue weighted by Gasteiger charge is 2.26. The summed E-state index contributed by atoms with van der Waals surface area (Å²) < 4.78 is 14.2. The maximum Gasteiger partial charge on any atom is 0.213 e. The van der Waals surface area contributed by atoms with Gasteiger partial charge in [0.2, 0.25) is 5.88 Å². The van der Waals surface area contributed by atoms with Crippen LogP contribution in [0.25, 0.3) is 22.6 Å². The highest BCUT2D eigenvalue weighted by Crippen LogP contribution is 2.36. The molecule has 10 heteroatoms. The summed E-state index contributed by atoms with van der Waals surface area (Å²) in [5.74, 6) is 2.61. The number of hydrogen-bond donors (Lipinski definition) is 1. The number of rotatable bonds is 5. The second-order valence-electron chi connectivity index (χ2n) is 7.52. The molecule has 1 fully saturated rings. The number of nitrogens with one attached hydrogen (secondary N) is 1. The van der Waals surface area contributed by atoms with Gasteiger partial charge in [0.1, 0.15) is 29.2 Å². The molecule has 0 bridgehead atoms. The molecule has 5 rings (SSSR count). The van der Waals surface area contributed by atoms with Gasteiger partial charge >= 0.3 is 0 Å². The lowest BCUT2D eigenvalue weighted by atomic mass is 10.1. The van der Waals surface area contributed by atoms with Gasteiger partial charge in [-0.25, -0.2) is 24.9 Å². The van der Waals surface area contributed by atoms with Gasteiger partial charge in [-0.3, -0.25) is 4.57 Å². The van der Waals surface area contributed by atoms with Crippen molar-refractivity contribution >= 4 is 38.6 Å². The van der Waals surface area contributed by atoms with Crippen LogP contribution in [-0.4, -0.2) is 43.2 Å². The van der Waals surface area contributed by atoms with Gasteiger partial charge in [0.05, 0.1) is 30.8 Å². The van der Waals surface area contributed by atoms with E-state index in [1.54, 1.807) is 31.8 Å². The fraction of sp³-hybridized carbons (Fsp3) is 0.318. The zero-order valence-electron chi connectivity index (χ0n) is 17.7. The van der Waals surface area contributed by atoms with Crippen molar-refractivity contribution in [3.8, 4) is 17.3 Å². The molecule has 0 amide bonds. The van der Waals surface area contributed by atoms with Crippen molar-refractivity contribution in [2.24, 2.45) is 0 Å². The molecule has 1 atom stereocenters. The lowest BCUT2D eigenvalue weighted by molar-refractivity contribution is -0.0287. The van der Waals surface area contributed by atoms with Crippen LogP contribution in [0.15, 0.2) is 41.3 Å². The maximum atomic E-state index is 6.13. The first-order valence-electron chi connectivity index (χ1n) is 10.4. The summed E-state index contributed by atoms with van der Waals surface area (Å²) in [5.41, 5.74) is 3.09. The molecule has 9 nitrogen and oxygen atoms in total. The number of ether oxygens (including phenoxy) is 2. The number of hydrogen-bond acceptors (Lipinski definition) is 8. The zero-order chi connectivity index (χ0) is 22.1. The highest BCUT2D eigenvalue weighted by molar-refractivity contribution is 9.10. The van der Waals surface area contributed by atoms with E-state index in [1.165, 1.54) is 0 Å². The van der Waals surface area contributed by atoms with Gasteiger partial charge in [0.15, 0.2) is 5.65 Å². The van der Waals surface area contributed by atoms with Gasteiger partial charge in [0, 0.05) is 23.3 Å². The predicted molar refractivity (Wildman–Crippen MR) is 124 cm³/mol. The molecule has 0 saturated carbocycles. The average molecular weight is 496 g/mol. The Morgan fingerprint density at radius 3 is 2.78 bits per heavy atom. The number of methoxy groups -OCH3 is 1. The molecule has 164 valence electrons. The third-order valence-corrected chi connectivity index (χ3v) is 5.73. The van der Waals surface area contributed by atoms with Crippen molar-refractivity contribution in [3.05, 3.63) is 47.1 Å². The minimum Gasteiger partial charge on any atom is -0.481 e. The van der Waals surface area contributed by atoms with E-state index >= 15 is 0 Å². The van der Waals surface area contributed by atoms with Crippen LogP contribution in [0.4, 0.5) is 11.5 Å². The first-order valence-corrected chi connectivity index (χ1v) is 11.2. The van der Waals surface area contributed by atoms with Crippen LogP contribution in [0.5, 0.6) is 5.88 Å². The molecule has 1 N–H and O–H groups in total. The van der Waals surface area contributed by atoms with E-state index in [4.69, 9.17) is 14.5 Å². The number of nitrogens with zero attached hydrogens (tertiary/aromatic N) is 6. The summed E-state index contributed by atoms with van der Waals surface area (Å²) in [6, 6.07) is 5.68. The SMILES string of the molecule is COc1ccc(Nc2ncc(Br)cc2-c2nc3cnc(C)nc3n2C2CCCCO2)cn1. The maximum absolute atomic E-state index is 6.13. The fourth-order valence-corrected chi connectivity index (χ4v) is 4.12. The molecule has 32 heavy (non-hydrogen) atoms. The number of anilines is 2. The molecule has 1 aliphatic rings. The predicted octanol–water partition coefficient (Wildman–Crippen LogP) is 4.81. The van der Waals surface area contributed by atoms with Crippen molar-refractivity contribution in [2.45, 2.75) is 32.4 Å². The van der Waals surface area contributed by atoms with Crippen LogP contribution in [-0.2, 0) is 4.74 Å². The molecule has 1 aliphatic heterocycles. The summed E-state index contributed by atoms with van der Waals surface area (Å²) in [6.45, 7) is 2.59. The standard InChI is InChI=1S/C22H22BrN7O2/c1-13-24-12-17-22(27-13)30(19-5-3-4-8-32-19)21(29-17)16-9-14(23)10-26-20(16)28-15-6-7-18(31-2)25-11-15/h6-7,9-12,19H,3-5,8H2,1-2H3,(H,26,28). The molecule has 0 aliphatic carbocycles. The molecule has 1 saturated heterocycles. The number of pyridine rings is 2. The minimum absolute atomic E-state index is 0.146. The van der Waals surface area contributed by atoms with Crippen LogP contribution in [0.2, 0.25) is 0 Å². The molecule has 4 aromatic rings. The van der Waals surface area contributed by atoms with Crippen LogP contribution in [0.3, 0.4) is 0 Å². The van der Waals surface area contributed by atoms with Crippen molar-refractivity contribution in [2.75, 3.05) is 19.0 Å². The highest BCUT2D eigenvalue weighted by atomic mass is 79.9. The minimum atomic E-state index is -0.146. The van der Waals surface area contributed by atoms with Gasteiger partial charge in [-0.1, -0.05) is 0 Å². The summed E-state index contributed by atoms with van der Waals surface area (Å²) in [5, 5.41) is 3.36. The lowest BCUT2D eigenvalue weighted by Gasteiger charge is -2.26. The Bertz CT molecular complexity index is 1250. The Morgan fingerprint density at radius 2 is 2.03 bits per heavy atom. The molecule has 1 unspecified atom stereocenters. The number of fused-ring (bicyclic) bond motifs is 1. The molecule has 0 radical (unpaired) electrons. The van der Waals surface area contributed by atoms with E-state index in [0.29, 0.717) is 24.1 Å². The number of aryl methyl sites for hydroxylation is 1. The summed E-state index contributed by atoms with van der Waals surface area (Å²) in [7, 11) is 1.59. The van der Waals surface area contributed by atoms with Crippen molar-refractivity contribution < 1.29 is 9.47 Å². The van der Waals surface area contributed by atoms with E-state index in [0.717, 1.165) is 52.0 Å². The Kier molecular flexibility index (Phi) is 5.71. The topological polar surface area (TPSA) is 99.9 Å². The third-order valence-electron chi connectivity index (χ3n) is 5.30. The molecule has 0 aromatic carbocycles. The third kappa shape index (κ3) is 4.03. The Labute approximate surface area is 193 Å². The smallest absolute Gasteiger partial charge is 0.213 e. The monoisotopic (exact) mass is 495 g/mol. The summed E-state index contributed by atoms with van der Waals surface area (Å²) in [4.78, 5) is 22.8. The number of aromatic nitrogens is 6. The molecule has 5 heterocycles. The van der Waals surface area contributed by atoms with Gasteiger partial charge in [0.25, 0.3) is 0 Å². The van der Waals surface area contributed by atoms with E-state index in [1.807, 2.05) is 19.1 Å². The van der Waals surface area contributed by atoms with Gasteiger partial charge in [-0.15, -0.1) is 0 Å². The van der Waals surface area contributed by atoms with Gasteiger partial charge in [-0.2, -0.15) is 0 Å². The van der Waals surface area contributed by atoms with Crippen molar-refractivity contribution in [1.82, 2.24) is 29.5 Å². The van der Waals surface area contributed by atoms with E-state index < -0.39 is 0 Å². The molecular weight excluding hydrogens is 474 g/mol. The Hall–Kier alpha value is -3.11. The summed E-state index contributed by atoms with van der Waals surface area (Å²) in [6.07, 6.45) is 8.11. The molecule has 0 spiro atoms.